The molecule has 1 saturated carbocycles. The van der Waals surface area contributed by atoms with E-state index in [0.29, 0.717) is 41.5 Å². The summed E-state index contributed by atoms with van der Waals surface area (Å²) in [6.45, 7) is 3.98. The van der Waals surface area contributed by atoms with Gasteiger partial charge in [-0.3, -0.25) is 19.5 Å². The van der Waals surface area contributed by atoms with Gasteiger partial charge in [-0.05, 0) is 55.0 Å². The number of pyridine rings is 1. The van der Waals surface area contributed by atoms with Crippen LogP contribution in [0.5, 0.6) is 0 Å². The van der Waals surface area contributed by atoms with Crippen molar-refractivity contribution >= 4 is 17.4 Å². The Morgan fingerprint density at radius 1 is 1.13 bits per heavy atom. The summed E-state index contributed by atoms with van der Waals surface area (Å²) in [6.07, 6.45) is 3.27. The second-order valence-corrected chi connectivity index (χ2v) is 9.20. The predicted octanol–water partition coefficient (Wildman–Crippen LogP) is 3.44. The molecule has 1 fully saturated rings. The monoisotopic (exact) mass is 417 g/mol. The first-order chi connectivity index (χ1) is 14.8. The molecule has 5 rings (SSSR count). The van der Waals surface area contributed by atoms with Crippen molar-refractivity contribution in [1.82, 2.24) is 20.2 Å². The highest BCUT2D eigenvalue weighted by Gasteiger charge is 2.32. The number of hydrogen-bond acceptors (Lipinski definition) is 5. The second-order valence-electron chi connectivity index (χ2n) is 9.20. The summed E-state index contributed by atoms with van der Waals surface area (Å²) < 4.78 is 0. The number of anilines is 1. The molecule has 0 saturated heterocycles. The van der Waals surface area contributed by atoms with Gasteiger partial charge in [-0.15, -0.1) is 0 Å². The Morgan fingerprint density at radius 2 is 1.87 bits per heavy atom. The van der Waals surface area contributed by atoms with Crippen molar-refractivity contribution in [1.29, 1.82) is 0 Å². The summed E-state index contributed by atoms with van der Waals surface area (Å²) in [5.41, 5.74) is 1.63. The number of carbonyl (C=O) groups excluding carboxylic acids is 2. The SMILES string of the molecule is CC1(C)CC(=O)c2cc(C(=O)Nc3ccc(-c4n[nH]c(C5CC5)n4)cc3)c(=O)[nH]c2C1. The number of nitrogens with one attached hydrogen (secondary N) is 3. The summed E-state index contributed by atoms with van der Waals surface area (Å²) in [5.74, 6) is 1.41. The molecular weight excluding hydrogens is 394 g/mol. The minimum absolute atomic E-state index is 0.0574. The molecule has 0 spiro atoms. The molecule has 8 nitrogen and oxygen atoms in total. The molecule has 3 N–H and O–H groups in total. The second kappa shape index (κ2) is 7.01. The number of aromatic nitrogens is 4. The maximum absolute atomic E-state index is 12.7. The van der Waals surface area contributed by atoms with Crippen LogP contribution in [0.4, 0.5) is 5.69 Å². The van der Waals surface area contributed by atoms with Crippen LogP contribution < -0.4 is 10.9 Å². The number of rotatable bonds is 4. The summed E-state index contributed by atoms with van der Waals surface area (Å²) >= 11 is 0. The number of Topliss-reactive ketones (excluding diaryl/α,β-unsaturated/α-hetero) is 1. The summed E-state index contributed by atoms with van der Waals surface area (Å²) in [4.78, 5) is 45.0. The topological polar surface area (TPSA) is 121 Å². The van der Waals surface area contributed by atoms with Crippen molar-refractivity contribution in [3.05, 3.63) is 63.3 Å². The fourth-order valence-electron chi connectivity index (χ4n) is 4.04. The van der Waals surface area contributed by atoms with E-state index in [1.165, 1.54) is 6.07 Å². The molecule has 0 bridgehead atoms. The van der Waals surface area contributed by atoms with Crippen LogP contribution in [0.1, 0.15) is 71.3 Å². The van der Waals surface area contributed by atoms with Crippen LogP contribution in [-0.4, -0.2) is 31.9 Å². The van der Waals surface area contributed by atoms with Gasteiger partial charge in [0.15, 0.2) is 11.6 Å². The highest BCUT2D eigenvalue weighted by Crippen LogP contribution is 2.38. The van der Waals surface area contributed by atoms with Crippen molar-refractivity contribution in [3.8, 4) is 11.4 Å². The molecule has 1 aromatic carbocycles. The minimum atomic E-state index is -0.552. The van der Waals surface area contributed by atoms with Crippen molar-refractivity contribution in [2.45, 2.75) is 45.4 Å². The third kappa shape index (κ3) is 3.81. The van der Waals surface area contributed by atoms with Crippen LogP contribution in [-0.2, 0) is 6.42 Å². The molecule has 1 amide bonds. The number of carbonyl (C=O) groups is 2. The number of H-pyrrole nitrogens is 2. The van der Waals surface area contributed by atoms with E-state index in [-0.39, 0.29) is 16.8 Å². The van der Waals surface area contributed by atoms with E-state index in [9.17, 15) is 14.4 Å². The molecule has 2 aromatic heterocycles. The maximum Gasteiger partial charge on any atom is 0.261 e. The Hall–Kier alpha value is -3.55. The van der Waals surface area contributed by atoms with Crippen molar-refractivity contribution in [2.75, 3.05) is 5.32 Å². The van der Waals surface area contributed by atoms with E-state index in [4.69, 9.17) is 0 Å². The first kappa shape index (κ1) is 19.4. The van der Waals surface area contributed by atoms with Crippen LogP contribution in [0.15, 0.2) is 35.1 Å². The van der Waals surface area contributed by atoms with E-state index < -0.39 is 11.5 Å². The predicted molar refractivity (Wildman–Crippen MR) is 115 cm³/mol. The van der Waals surface area contributed by atoms with Gasteiger partial charge >= 0.3 is 0 Å². The highest BCUT2D eigenvalue weighted by molar-refractivity contribution is 6.06. The third-order valence-electron chi connectivity index (χ3n) is 5.83. The van der Waals surface area contributed by atoms with Crippen molar-refractivity contribution in [3.63, 3.8) is 0 Å². The molecule has 2 heterocycles. The van der Waals surface area contributed by atoms with Crippen molar-refractivity contribution in [2.24, 2.45) is 5.41 Å². The number of aromatic amines is 2. The number of benzene rings is 1. The van der Waals surface area contributed by atoms with Gasteiger partial charge in [-0.2, -0.15) is 5.10 Å². The van der Waals surface area contributed by atoms with Gasteiger partial charge in [0.25, 0.3) is 11.5 Å². The lowest BCUT2D eigenvalue weighted by atomic mass is 9.75. The standard InChI is InChI=1S/C23H23N5O3/c1-23(2)10-17-15(18(29)11-23)9-16(22(31)25-17)21(30)24-14-7-5-13(6-8-14)20-26-19(27-28-20)12-3-4-12/h5-9,12H,3-4,10-11H2,1-2H3,(H,24,30)(H,25,31)(H,26,27,28). The Balaban J connectivity index is 1.35. The number of hydrogen-bond donors (Lipinski definition) is 3. The molecule has 31 heavy (non-hydrogen) atoms. The molecule has 0 radical (unpaired) electrons. The average Bonchev–Trinajstić information content (AvgIpc) is 3.44. The zero-order valence-electron chi connectivity index (χ0n) is 17.4. The van der Waals surface area contributed by atoms with Crippen LogP contribution in [0.2, 0.25) is 0 Å². The Kier molecular flexibility index (Phi) is 4.39. The number of fused-ring (bicyclic) bond motifs is 1. The molecule has 2 aliphatic rings. The van der Waals surface area contributed by atoms with Gasteiger partial charge in [0.2, 0.25) is 0 Å². The molecule has 2 aliphatic carbocycles. The van der Waals surface area contributed by atoms with Gasteiger partial charge in [-0.25, -0.2) is 4.98 Å². The molecule has 3 aromatic rings. The first-order valence-electron chi connectivity index (χ1n) is 10.4. The van der Waals surface area contributed by atoms with Gasteiger partial charge in [-0.1, -0.05) is 13.8 Å². The largest absolute Gasteiger partial charge is 0.325 e. The van der Waals surface area contributed by atoms with E-state index >= 15 is 0 Å². The highest BCUT2D eigenvalue weighted by atomic mass is 16.2. The lowest BCUT2D eigenvalue weighted by Gasteiger charge is -2.29. The molecular formula is C23H23N5O3. The van der Waals surface area contributed by atoms with E-state index in [1.807, 2.05) is 26.0 Å². The molecule has 0 aliphatic heterocycles. The molecule has 8 heteroatoms. The molecule has 0 atom stereocenters. The van der Waals surface area contributed by atoms with Crippen LogP contribution >= 0.6 is 0 Å². The van der Waals surface area contributed by atoms with Crippen LogP contribution in [0.25, 0.3) is 11.4 Å². The van der Waals surface area contributed by atoms with Crippen molar-refractivity contribution < 1.29 is 9.59 Å². The van der Waals surface area contributed by atoms with Gasteiger partial charge in [0.05, 0.1) is 0 Å². The third-order valence-corrected chi connectivity index (χ3v) is 5.83. The Labute approximate surface area is 178 Å². The van der Waals surface area contributed by atoms with Gasteiger partial charge < -0.3 is 10.3 Å². The Morgan fingerprint density at radius 3 is 2.58 bits per heavy atom. The molecule has 0 unspecified atom stereocenters. The fraction of sp³-hybridized carbons (Fsp3) is 0.348. The number of ketones is 1. The lowest BCUT2D eigenvalue weighted by Crippen LogP contribution is -2.32. The summed E-state index contributed by atoms with van der Waals surface area (Å²) in [5, 5.41) is 9.96. The maximum atomic E-state index is 12.7. The van der Waals surface area contributed by atoms with E-state index in [0.717, 1.165) is 24.2 Å². The number of amides is 1. The lowest BCUT2D eigenvalue weighted by molar-refractivity contribution is 0.0910. The zero-order valence-corrected chi connectivity index (χ0v) is 17.4. The van der Waals surface area contributed by atoms with Gasteiger partial charge in [0.1, 0.15) is 11.4 Å². The molecule has 158 valence electrons. The fourth-order valence-corrected chi connectivity index (χ4v) is 4.04. The normalized spacial score (nSPS) is 17.3. The van der Waals surface area contributed by atoms with Crippen LogP contribution in [0.3, 0.4) is 0 Å². The summed E-state index contributed by atoms with van der Waals surface area (Å²) in [6, 6.07) is 8.53. The van der Waals surface area contributed by atoms with Crippen LogP contribution in [0, 0.1) is 5.41 Å². The summed E-state index contributed by atoms with van der Waals surface area (Å²) in [7, 11) is 0. The van der Waals surface area contributed by atoms with Gasteiger partial charge in [0, 0.05) is 34.8 Å². The van der Waals surface area contributed by atoms with E-state index in [2.05, 4.69) is 25.5 Å². The number of nitrogens with zero attached hydrogens (tertiary/aromatic N) is 2. The minimum Gasteiger partial charge on any atom is -0.325 e. The smallest absolute Gasteiger partial charge is 0.261 e. The van der Waals surface area contributed by atoms with E-state index in [1.54, 1.807) is 12.1 Å². The average molecular weight is 417 g/mol. The first-order valence-corrected chi connectivity index (χ1v) is 10.4. The zero-order chi connectivity index (χ0) is 21.8. The Bertz CT molecular complexity index is 1250. The quantitative estimate of drug-likeness (QED) is 0.600.